The summed E-state index contributed by atoms with van der Waals surface area (Å²) < 4.78 is 27.6. The Morgan fingerprint density at radius 1 is 0.966 bits per heavy atom. The third-order valence-electron chi connectivity index (χ3n) is 4.55. The lowest BCUT2D eigenvalue weighted by atomic mass is 10.1. The standard InChI is InChI=1S/C22H21ClN2O3S/c1-16-7-3-4-8-18(16)15-25(2)22(26)17-11-13-19(14-12-17)29(27,28)24-21-10-6-5-9-20(21)23/h3-14,24H,15H2,1-2H3. The molecule has 3 aromatic carbocycles. The molecule has 0 aliphatic rings. The third kappa shape index (κ3) is 4.96. The molecule has 1 N–H and O–H groups in total. The van der Waals surface area contributed by atoms with Gasteiger partial charge < -0.3 is 4.90 Å². The van der Waals surface area contributed by atoms with Gasteiger partial charge in [0.25, 0.3) is 15.9 Å². The number of rotatable bonds is 6. The Kier molecular flexibility index (Phi) is 6.25. The van der Waals surface area contributed by atoms with Crippen LogP contribution in [-0.2, 0) is 16.6 Å². The molecule has 150 valence electrons. The smallest absolute Gasteiger partial charge is 0.261 e. The minimum Gasteiger partial charge on any atom is -0.337 e. The van der Waals surface area contributed by atoms with E-state index < -0.39 is 10.0 Å². The van der Waals surface area contributed by atoms with E-state index in [1.54, 1.807) is 36.2 Å². The molecule has 0 aromatic heterocycles. The number of hydrogen-bond donors (Lipinski definition) is 1. The van der Waals surface area contributed by atoms with Gasteiger partial charge in [0, 0.05) is 19.2 Å². The van der Waals surface area contributed by atoms with Gasteiger partial charge in [-0.05, 0) is 54.4 Å². The summed E-state index contributed by atoms with van der Waals surface area (Å²) in [6.07, 6.45) is 0. The van der Waals surface area contributed by atoms with Crippen molar-refractivity contribution in [1.29, 1.82) is 0 Å². The lowest BCUT2D eigenvalue weighted by Gasteiger charge is -2.19. The van der Waals surface area contributed by atoms with Crippen molar-refractivity contribution >= 4 is 33.2 Å². The van der Waals surface area contributed by atoms with Crippen LogP contribution in [0.5, 0.6) is 0 Å². The lowest BCUT2D eigenvalue weighted by molar-refractivity contribution is 0.0785. The fourth-order valence-electron chi connectivity index (χ4n) is 2.86. The van der Waals surface area contributed by atoms with Gasteiger partial charge in [0.1, 0.15) is 0 Å². The Labute approximate surface area is 176 Å². The molecule has 0 saturated carbocycles. The summed E-state index contributed by atoms with van der Waals surface area (Å²) in [7, 11) is -2.09. The van der Waals surface area contributed by atoms with Gasteiger partial charge in [-0.25, -0.2) is 8.42 Å². The molecule has 0 atom stereocenters. The van der Waals surface area contributed by atoms with Gasteiger partial charge in [0.15, 0.2) is 0 Å². The molecule has 0 spiro atoms. The molecule has 7 heteroatoms. The number of halogens is 1. The van der Waals surface area contributed by atoms with Gasteiger partial charge >= 0.3 is 0 Å². The first-order valence-corrected chi connectivity index (χ1v) is 10.8. The van der Waals surface area contributed by atoms with Gasteiger partial charge in [0.05, 0.1) is 15.6 Å². The first-order chi connectivity index (χ1) is 13.8. The average molecular weight is 429 g/mol. The predicted molar refractivity (Wildman–Crippen MR) is 116 cm³/mol. The number of anilines is 1. The number of para-hydroxylation sites is 1. The third-order valence-corrected chi connectivity index (χ3v) is 6.26. The Hall–Kier alpha value is -2.83. The second kappa shape index (κ2) is 8.68. The van der Waals surface area contributed by atoms with Crippen LogP contribution in [-0.4, -0.2) is 26.3 Å². The zero-order chi connectivity index (χ0) is 21.0. The van der Waals surface area contributed by atoms with E-state index >= 15 is 0 Å². The molecule has 0 bridgehead atoms. The summed E-state index contributed by atoms with van der Waals surface area (Å²) in [6.45, 7) is 2.47. The maximum Gasteiger partial charge on any atom is 0.261 e. The van der Waals surface area contributed by atoms with Crippen LogP contribution in [0.15, 0.2) is 77.7 Å². The number of nitrogens with zero attached hydrogens (tertiary/aromatic N) is 1. The summed E-state index contributed by atoms with van der Waals surface area (Å²) in [5.41, 5.74) is 2.88. The van der Waals surface area contributed by atoms with Crippen LogP contribution in [0.25, 0.3) is 0 Å². The van der Waals surface area contributed by atoms with Crippen molar-refractivity contribution in [2.75, 3.05) is 11.8 Å². The zero-order valence-corrected chi connectivity index (χ0v) is 17.7. The number of sulfonamides is 1. The first kappa shape index (κ1) is 20.9. The topological polar surface area (TPSA) is 66.5 Å². The zero-order valence-electron chi connectivity index (χ0n) is 16.1. The largest absolute Gasteiger partial charge is 0.337 e. The highest BCUT2D eigenvalue weighted by Gasteiger charge is 2.18. The number of amides is 1. The van der Waals surface area contributed by atoms with E-state index in [0.717, 1.165) is 11.1 Å². The molecule has 29 heavy (non-hydrogen) atoms. The SMILES string of the molecule is Cc1ccccc1CN(C)C(=O)c1ccc(S(=O)(=O)Nc2ccccc2Cl)cc1. The van der Waals surface area contributed by atoms with Crippen LogP contribution in [0.4, 0.5) is 5.69 Å². The summed E-state index contributed by atoms with van der Waals surface area (Å²) in [5.74, 6) is -0.184. The average Bonchev–Trinajstić information content (AvgIpc) is 2.71. The van der Waals surface area contributed by atoms with E-state index in [1.807, 2.05) is 31.2 Å². The monoisotopic (exact) mass is 428 g/mol. The van der Waals surface area contributed by atoms with Gasteiger partial charge in [0.2, 0.25) is 0 Å². The second-order valence-corrected chi connectivity index (χ2v) is 8.79. The molecule has 3 rings (SSSR count). The van der Waals surface area contributed by atoms with Crippen molar-refractivity contribution < 1.29 is 13.2 Å². The normalized spacial score (nSPS) is 11.1. The van der Waals surface area contributed by atoms with Crippen molar-refractivity contribution in [2.24, 2.45) is 0 Å². The van der Waals surface area contributed by atoms with E-state index in [-0.39, 0.29) is 10.8 Å². The van der Waals surface area contributed by atoms with Gasteiger partial charge in [-0.2, -0.15) is 0 Å². The first-order valence-electron chi connectivity index (χ1n) is 8.95. The molecule has 0 saturated heterocycles. The molecular formula is C22H21ClN2O3S. The van der Waals surface area contributed by atoms with Gasteiger partial charge in [-0.15, -0.1) is 0 Å². The number of benzene rings is 3. The van der Waals surface area contributed by atoms with Crippen LogP contribution in [0, 0.1) is 6.92 Å². The van der Waals surface area contributed by atoms with E-state index in [0.29, 0.717) is 22.8 Å². The lowest BCUT2D eigenvalue weighted by Crippen LogP contribution is -2.26. The van der Waals surface area contributed by atoms with Crippen LogP contribution in [0.1, 0.15) is 21.5 Å². The summed E-state index contributed by atoms with van der Waals surface area (Å²) in [6, 6.07) is 20.3. The number of nitrogens with one attached hydrogen (secondary N) is 1. The maximum absolute atomic E-state index is 12.7. The van der Waals surface area contributed by atoms with Crippen molar-refractivity contribution in [1.82, 2.24) is 4.90 Å². The number of carbonyl (C=O) groups excluding carboxylic acids is 1. The number of carbonyl (C=O) groups is 1. The molecule has 3 aromatic rings. The summed E-state index contributed by atoms with van der Waals surface area (Å²) >= 11 is 6.02. The van der Waals surface area contributed by atoms with E-state index in [9.17, 15) is 13.2 Å². The molecule has 5 nitrogen and oxygen atoms in total. The highest BCUT2D eigenvalue weighted by Crippen LogP contribution is 2.24. The fraction of sp³-hybridized carbons (Fsp3) is 0.136. The number of hydrogen-bond acceptors (Lipinski definition) is 3. The van der Waals surface area contributed by atoms with E-state index in [2.05, 4.69) is 4.72 Å². The van der Waals surface area contributed by atoms with Crippen molar-refractivity contribution in [3.63, 3.8) is 0 Å². The molecule has 1 amide bonds. The van der Waals surface area contributed by atoms with Crippen LogP contribution in [0.2, 0.25) is 5.02 Å². The van der Waals surface area contributed by atoms with E-state index in [1.165, 1.54) is 24.3 Å². The molecule has 0 fully saturated rings. The quantitative estimate of drug-likeness (QED) is 0.617. The van der Waals surface area contributed by atoms with Crippen LogP contribution < -0.4 is 4.72 Å². The fourth-order valence-corrected chi connectivity index (χ4v) is 4.18. The Balaban J connectivity index is 1.74. The molecule has 0 aliphatic carbocycles. The van der Waals surface area contributed by atoms with Crippen molar-refractivity contribution in [3.8, 4) is 0 Å². The second-order valence-electron chi connectivity index (χ2n) is 6.70. The molecule has 0 heterocycles. The van der Waals surface area contributed by atoms with Crippen LogP contribution >= 0.6 is 11.6 Å². The minimum absolute atomic E-state index is 0.0514. The molecular weight excluding hydrogens is 408 g/mol. The van der Waals surface area contributed by atoms with Crippen molar-refractivity contribution in [2.45, 2.75) is 18.4 Å². The minimum atomic E-state index is -3.81. The maximum atomic E-state index is 12.7. The Bertz CT molecular complexity index is 1130. The number of aryl methyl sites for hydroxylation is 1. The Morgan fingerprint density at radius 3 is 2.24 bits per heavy atom. The van der Waals surface area contributed by atoms with Gasteiger partial charge in [-0.3, -0.25) is 9.52 Å². The molecule has 0 aliphatic heterocycles. The van der Waals surface area contributed by atoms with Gasteiger partial charge in [-0.1, -0.05) is 48.0 Å². The van der Waals surface area contributed by atoms with Crippen molar-refractivity contribution in [3.05, 3.63) is 94.5 Å². The predicted octanol–water partition coefficient (Wildman–Crippen LogP) is 4.72. The highest BCUT2D eigenvalue weighted by atomic mass is 35.5. The Morgan fingerprint density at radius 2 is 1.59 bits per heavy atom. The highest BCUT2D eigenvalue weighted by molar-refractivity contribution is 7.92. The molecule has 0 unspecified atom stereocenters. The summed E-state index contributed by atoms with van der Waals surface area (Å²) in [4.78, 5) is 14.4. The summed E-state index contributed by atoms with van der Waals surface area (Å²) in [5, 5.41) is 0.306. The molecule has 0 radical (unpaired) electrons. The van der Waals surface area contributed by atoms with Crippen LogP contribution in [0.3, 0.4) is 0 Å². The van der Waals surface area contributed by atoms with E-state index in [4.69, 9.17) is 11.6 Å².